The van der Waals surface area contributed by atoms with Gasteiger partial charge in [0.05, 0.1) is 11.3 Å². The van der Waals surface area contributed by atoms with Crippen molar-refractivity contribution in [1.29, 1.82) is 0 Å². The summed E-state index contributed by atoms with van der Waals surface area (Å²) in [5, 5.41) is 0.146. The first-order valence-electron chi connectivity index (χ1n) is 6.38. The van der Waals surface area contributed by atoms with E-state index in [9.17, 15) is 9.18 Å². The van der Waals surface area contributed by atoms with Crippen LogP contribution in [0.5, 0.6) is 0 Å². The number of hydrogen-bond donors (Lipinski definition) is 1. The zero-order valence-electron chi connectivity index (χ0n) is 11.5. The van der Waals surface area contributed by atoms with Crippen LogP contribution in [-0.2, 0) is 6.42 Å². The van der Waals surface area contributed by atoms with E-state index < -0.39 is 5.82 Å². The number of anilines is 1. The SMILES string of the molecule is CN(CCc1ccncc1)C(=O)c1cc(Cl)cc(F)c1N. The van der Waals surface area contributed by atoms with Gasteiger partial charge in [-0.3, -0.25) is 9.78 Å². The van der Waals surface area contributed by atoms with E-state index in [0.29, 0.717) is 13.0 Å². The molecule has 0 spiro atoms. The number of benzene rings is 1. The second-order valence-corrected chi connectivity index (χ2v) is 5.12. The van der Waals surface area contributed by atoms with Gasteiger partial charge in [-0.25, -0.2) is 4.39 Å². The molecule has 0 aliphatic heterocycles. The summed E-state index contributed by atoms with van der Waals surface area (Å²) in [5.41, 5.74) is 6.57. The highest BCUT2D eigenvalue weighted by molar-refractivity contribution is 6.31. The third-order valence-electron chi connectivity index (χ3n) is 3.16. The maximum Gasteiger partial charge on any atom is 0.255 e. The van der Waals surface area contributed by atoms with Gasteiger partial charge in [0.1, 0.15) is 5.82 Å². The van der Waals surface area contributed by atoms with E-state index >= 15 is 0 Å². The zero-order chi connectivity index (χ0) is 15.4. The topological polar surface area (TPSA) is 59.2 Å². The fourth-order valence-electron chi connectivity index (χ4n) is 1.92. The number of nitrogens with zero attached hydrogens (tertiary/aromatic N) is 2. The van der Waals surface area contributed by atoms with Crippen LogP contribution >= 0.6 is 11.6 Å². The van der Waals surface area contributed by atoms with Crippen LogP contribution in [-0.4, -0.2) is 29.4 Å². The summed E-state index contributed by atoms with van der Waals surface area (Å²) < 4.78 is 13.5. The van der Waals surface area contributed by atoms with Crippen molar-refractivity contribution in [2.75, 3.05) is 19.3 Å². The Morgan fingerprint density at radius 2 is 2.05 bits per heavy atom. The quantitative estimate of drug-likeness (QED) is 0.884. The predicted molar refractivity (Wildman–Crippen MR) is 80.7 cm³/mol. The molecule has 6 heteroatoms. The number of likely N-dealkylation sites (N-methyl/N-ethyl adjacent to an activating group) is 1. The minimum absolute atomic E-state index is 0.0808. The third kappa shape index (κ3) is 3.70. The second kappa shape index (κ2) is 6.54. The summed E-state index contributed by atoms with van der Waals surface area (Å²) in [6.45, 7) is 0.483. The number of aromatic nitrogens is 1. The minimum Gasteiger partial charge on any atom is -0.396 e. The Morgan fingerprint density at radius 1 is 1.38 bits per heavy atom. The van der Waals surface area contributed by atoms with Crippen molar-refractivity contribution in [2.45, 2.75) is 6.42 Å². The highest BCUT2D eigenvalue weighted by Crippen LogP contribution is 2.23. The molecule has 0 saturated heterocycles. The van der Waals surface area contributed by atoms with Gasteiger partial charge < -0.3 is 10.6 Å². The molecule has 0 aliphatic carbocycles. The summed E-state index contributed by atoms with van der Waals surface area (Å²) in [6.07, 6.45) is 4.07. The summed E-state index contributed by atoms with van der Waals surface area (Å²) in [4.78, 5) is 17.7. The van der Waals surface area contributed by atoms with Gasteiger partial charge in [0.15, 0.2) is 0 Å². The van der Waals surface area contributed by atoms with E-state index in [0.717, 1.165) is 11.6 Å². The van der Waals surface area contributed by atoms with Crippen LogP contribution in [0.2, 0.25) is 5.02 Å². The fraction of sp³-hybridized carbons (Fsp3) is 0.200. The Labute approximate surface area is 127 Å². The second-order valence-electron chi connectivity index (χ2n) is 4.68. The molecule has 0 atom stereocenters. The van der Waals surface area contributed by atoms with Crippen molar-refractivity contribution in [3.8, 4) is 0 Å². The normalized spacial score (nSPS) is 10.4. The first kappa shape index (κ1) is 15.3. The maximum atomic E-state index is 13.5. The van der Waals surface area contributed by atoms with Gasteiger partial charge >= 0.3 is 0 Å². The van der Waals surface area contributed by atoms with Crippen molar-refractivity contribution in [1.82, 2.24) is 9.88 Å². The standard InChI is InChI=1S/C15H15ClFN3O/c1-20(7-4-10-2-5-19-6-3-10)15(21)12-8-11(16)9-13(17)14(12)18/h2-3,5-6,8-9H,4,7,18H2,1H3. The molecular formula is C15H15ClFN3O. The van der Waals surface area contributed by atoms with Crippen molar-refractivity contribution in [2.24, 2.45) is 0 Å². The number of rotatable bonds is 4. The van der Waals surface area contributed by atoms with Crippen LogP contribution in [0.3, 0.4) is 0 Å². The molecule has 1 aromatic carbocycles. The fourth-order valence-corrected chi connectivity index (χ4v) is 2.12. The van der Waals surface area contributed by atoms with Crippen molar-refractivity contribution < 1.29 is 9.18 Å². The molecule has 1 aromatic heterocycles. The number of amides is 1. The Morgan fingerprint density at radius 3 is 2.71 bits per heavy atom. The predicted octanol–water partition coefficient (Wildman–Crippen LogP) is 2.77. The lowest BCUT2D eigenvalue weighted by Gasteiger charge is -2.18. The molecule has 110 valence electrons. The zero-order valence-corrected chi connectivity index (χ0v) is 12.3. The van der Waals surface area contributed by atoms with E-state index in [2.05, 4.69) is 4.98 Å². The summed E-state index contributed by atoms with van der Waals surface area (Å²) in [7, 11) is 1.64. The van der Waals surface area contributed by atoms with Crippen molar-refractivity contribution in [3.63, 3.8) is 0 Å². The first-order chi connectivity index (χ1) is 9.99. The van der Waals surface area contributed by atoms with Crippen LogP contribution in [0.15, 0.2) is 36.7 Å². The van der Waals surface area contributed by atoms with Crippen LogP contribution < -0.4 is 5.73 Å². The lowest BCUT2D eigenvalue weighted by molar-refractivity contribution is 0.0797. The molecule has 1 amide bonds. The van der Waals surface area contributed by atoms with Gasteiger partial charge in [0.2, 0.25) is 0 Å². The largest absolute Gasteiger partial charge is 0.396 e. The average Bonchev–Trinajstić information content (AvgIpc) is 2.48. The van der Waals surface area contributed by atoms with Gasteiger partial charge in [0.25, 0.3) is 5.91 Å². The number of pyridine rings is 1. The summed E-state index contributed by atoms with van der Waals surface area (Å²) in [6, 6.07) is 6.23. The Balaban J connectivity index is 2.09. The van der Waals surface area contributed by atoms with Gasteiger partial charge in [0, 0.05) is 31.0 Å². The highest BCUT2D eigenvalue weighted by Gasteiger charge is 2.18. The molecular weight excluding hydrogens is 293 g/mol. The molecule has 21 heavy (non-hydrogen) atoms. The lowest BCUT2D eigenvalue weighted by atomic mass is 10.1. The molecule has 0 saturated carbocycles. The molecule has 2 rings (SSSR count). The Kier molecular flexibility index (Phi) is 4.75. The number of nitrogens with two attached hydrogens (primary N) is 1. The molecule has 2 N–H and O–H groups in total. The molecule has 0 unspecified atom stereocenters. The molecule has 0 fully saturated rings. The van der Waals surface area contributed by atoms with Crippen LogP contribution in [0, 0.1) is 5.82 Å². The van der Waals surface area contributed by atoms with E-state index in [1.807, 2.05) is 12.1 Å². The third-order valence-corrected chi connectivity index (χ3v) is 3.37. The number of nitrogen functional groups attached to an aromatic ring is 1. The van der Waals surface area contributed by atoms with Crippen molar-refractivity contribution >= 4 is 23.2 Å². The molecule has 2 aromatic rings. The van der Waals surface area contributed by atoms with E-state index in [4.69, 9.17) is 17.3 Å². The lowest BCUT2D eigenvalue weighted by Crippen LogP contribution is -2.29. The summed E-state index contributed by atoms with van der Waals surface area (Å²) >= 11 is 5.77. The molecule has 4 nitrogen and oxygen atoms in total. The van der Waals surface area contributed by atoms with Crippen LogP contribution in [0.1, 0.15) is 15.9 Å². The number of hydrogen-bond acceptors (Lipinski definition) is 3. The van der Waals surface area contributed by atoms with Gasteiger partial charge in [-0.1, -0.05) is 11.6 Å². The highest BCUT2D eigenvalue weighted by atomic mass is 35.5. The first-order valence-corrected chi connectivity index (χ1v) is 6.75. The molecule has 0 bridgehead atoms. The molecule has 0 aliphatic rings. The number of carbonyl (C=O) groups is 1. The Bertz CT molecular complexity index is 649. The van der Waals surface area contributed by atoms with Gasteiger partial charge in [-0.15, -0.1) is 0 Å². The minimum atomic E-state index is -0.687. The smallest absolute Gasteiger partial charge is 0.255 e. The van der Waals surface area contributed by atoms with E-state index in [1.165, 1.54) is 11.0 Å². The van der Waals surface area contributed by atoms with Crippen molar-refractivity contribution in [3.05, 3.63) is 58.6 Å². The summed E-state index contributed by atoms with van der Waals surface area (Å²) in [5.74, 6) is -1.05. The average molecular weight is 308 g/mol. The maximum absolute atomic E-state index is 13.5. The van der Waals surface area contributed by atoms with E-state index in [1.54, 1.807) is 19.4 Å². The molecule has 1 heterocycles. The van der Waals surface area contributed by atoms with Crippen LogP contribution in [0.4, 0.5) is 10.1 Å². The Hall–Kier alpha value is -2.14. The number of carbonyl (C=O) groups excluding carboxylic acids is 1. The van der Waals surface area contributed by atoms with Gasteiger partial charge in [-0.05, 0) is 36.2 Å². The molecule has 0 radical (unpaired) electrons. The van der Waals surface area contributed by atoms with Crippen LogP contribution in [0.25, 0.3) is 0 Å². The number of halogens is 2. The van der Waals surface area contributed by atoms with Gasteiger partial charge in [-0.2, -0.15) is 0 Å². The monoisotopic (exact) mass is 307 g/mol. The van der Waals surface area contributed by atoms with E-state index in [-0.39, 0.29) is 22.2 Å².